The Bertz CT molecular complexity index is 886. The summed E-state index contributed by atoms with van der Waals surface area (Å²) in [5, 5.41) is 2.13. The predicted molar refractivity (Wildman–Crippen MR) is 127 cm³/mol. The third-order valence-electron chi connectivity index (χ3n) is 6.74. The number of piperazine rings is 1. The maximum atomic E-state index is 13.2. The number of rotatable bonds is 4. The molecule has 2 heterocycles. The molecule has 0 radical (unpaired) electrons. The molecule has 1 unspecified atom stereocenters. The second-order valence-corrected chi connectivity index (χ2v) is 10.7. The lowest BCUT2D eigenvalue weighted by molar-refractivity contribution is 0.0649. The van der Waals surface area contributed by atoms with Crippen molar-refractivity contribution in [3.63, 3.8) is 0 Å². The number of nitrogens with zero attached hydrogens (tertiary/aromatic N) is 2. The number of amides is 1. The van der Waals surface area contributed by atoms with E-state index in [0.717, 1.165) is 57.0 Å². The van der Waals surface area contributed by atoms with Gasteiger partial charge in [-0.3, -0.25) is 9.69 Å². The van der Waals surface area contributed by atoms with Crippen LogP contribution in [0.1, 0.15) is 53.6 Å². The second-order valence-electron chi connectivity index (χ2n) is 9.76. The Morgan fingerprint density at radius 2 is 1.87 bits per heavy atom. The van der Waals surface area contributed by atoms with Crippen LogP contribution in [0.15, 0.2) is 41.8 Å². The molecule has 4 heteroatoms. The third kappa shape index (κ3) is 4.87. The van der Waals surface area contributed by atoms with Gasteiger partial charge in [-0.25, -0.2) is 0 Å². The molecule has 1 amide bonds. The van der Waals surface area contributed by atoms with E-state index in [4.69, 9.17) is 0 Å². The molecule has 0 spiro atoms. The molecule has 1 aliphatic heterocycles. The van der Waals surface area contributed by atoms with Crippen molar-refractivity contribution in [2.24, 2.45) is 11.3 Å². The van der Waals surface area contributed by atoms with Gasteiger partial charge in [-0.05, 0) is 41.7 Å². The lowest BCUT2D eigenvalue weighted by Crippen LogP contribution is -2.48. The minimum atomic E-state index is 0.251. The average Bonchev–Trinajstić information content (AvgIpc) is 3.17. The molecule has 2 aliphatic rings. The zero-order valence-corrected chi connectivity index (χ0v) is 19.4. The SMILES string of the molecule is CC(C)(C)C1CCc2c(C(=O)N3CCN(C/C=C/c4ccccc4)CC3)csc2C1. The van der Waals surface area contributed by atoms with Crippen LogP contribution >= 0.6 is 11.3 Å². The van der Waals surface area contributed by atoms with Crippen molar-refractivity contribution >= 4 is 23.3 Å². The third-order valence-corrected chi connectivity index (χ3v) is 7.79. The summed E-state index contributed by atoms with van der Waals surface area (Å²) in [6.45, 7) is 11.5. The summed E-state index contributed by atoms with van der Waals surface area (Å²) in [6, 6.07) is 10.4. The lowest BCUT2D eigenvalue weighted by atomic mass is 9.72. The first-order valence-electron chi connectivity index (χ1n) is 11.2. The number of fused-ring (bicyclic) bond motifs is 1. The average molecular weight is 423 g/mol. The molecular weight excluding hydrogens is 388 g/mol. The van der Waals surface area contributed by atoms with Crippen LogP contribution < -0.4 is 0 Å². The lowest BCUT2D eigenvalue weighted by Gasteiger charge is -2.35. The Balaban J connectivity index is 1.31. The second kappa shape index (κ2) is 9.07. The highest BCUT2D eigenvalue weighted by atomic mass is 32.1. The maximum absolute atomic E-state index is 13.2. The van der Waals surface area contributed by atoms with Crippen LogP contribution in [-0.4, -0.2) is 48.4 Å². The minimum absolute atomic E-state index is 0.251. The van der Waals surface area contributed by atoms with Gasteiger partial charge in [-0.15, -0.1) is 11.3 Å². The van der Waals surface area contributed by atoms with E-state index in [2.05, 4.69) is 72.4 Å². The molecule has 1 aliphatic carbocycles. The first kappa shape index (κ1) is 21.3. The Labute approximate surface area is 185 Å². The van der Waals surface area contributed by atoms with Gasteiger partial charge in [0.15, 0.2) is 0 Å². The zero-order chi connectivity index (χ0) is 21.1. The van der Waals surface area contributed by atoms with Gasteiger partial charge in [0.25, 0.3) is 5.91 Å². The van der Waals surface area contributed by atoms with E-state index in [0.29, 0.717) is 5.41 Å². The van der Waals surface area contributed by atoms with E-state index in [1.807, 2.05) is 6.07 Å². The summed E-state index contributed by atoms with van der Waals surface area (Å²) in [5.41, 5.74) is 3.91. The fourth-order valence-electron chi connectivity index (χ4n) is 4.64. The van der Waals surface area contributed by atoms with Crippen LogP contribution in [0.4, 0.5) is 0 Å². The Morgan fingerprint density at radius 1 is 1.13 bits per heavy atom. The zero-order valence-electron chi connectivity index (χ0n) is 18.6. The number of carbonyl (C=O) groups excluding carboxylic acids is 1. The first-order valence-corrected chi connectivity index (χ1v) is 12.1. The molecule has 1 aromatic heterocycles. The number of hydrogen-bond acceptors (Lipinski definition) is 3. The highest BCUT2D eigenvalue weighted by Crippen LogP contribution is 2.40. The van der Waals surface area contributed by atoms with Gasteiger partial charge in [-0.2, -0.15) is 0 Å². The van der Waals surface area contributed by atoms with Gasteiger partial charge in [0.05, 0.1) is 5.56 Å². The molecule has 1 aromatic carbocycles. The van der Waals surface area contributed by atoms with Gasteiger partial charge >= 0.3 is 0 Å². The molecule has 160 valence electrons. The molecular formula is C26H34N2OS. The van der Waals surface area contributed by atoms with Crippen molar-refractivity contribution in [2.45, 2.75) is 40.0 Å². The highest BCUT2D eigenvalue weighted by Gasteiger charge is 2.33. The van der Waals surface area contributed by atoms with E-state index in [-0.39, 0.29) is 5.91 Å². The topological polar surface area (TPSA) is 23.6 Å². The number of hydrogen-bond donors (Lipinski definition) is 0. The van der Waals surface area contributed by atoms with Crippen molar-refractivity contribution in [3.8, 4) is 0 Å². The van der Waals surface area contributed by atoms with Crippen LogP contribution in [0.25, 0.3) is 6.08 Å². The molecule has 2 aromatic rings. The van der Waals surface area contributed by atoms with Gasteiger partial charge in [0, 0.05) is 43.0 Å². The normalized spacial score (nSPS) is 20.5. The van der Waals surface area contributed by atoms with Crippen molar-refractivity contribution in [3.05, 3.63) is 63.4 Å². The number of benzene rings is 1. The van der Waals surface area contributed by atoms with Crippen molar-refractivity contribution < 1.29 is 4.79 Å². The summed E-state index contributed by atoms with van der Waals surface area (Å²) >= 11 is 1.81. The van der Waals surface area contributed by atoms with E-state index < -0.39 is 0 Å². The van der Waals surface area contributed by atoms with Gasteiger partial charge in [0.2, 0.25) is 0 Å². The smallest absolute Gasteiger partial charge is 0.255 e. The molecule has 30 heavy (non-hydrogen) atoms. The first-order chi connectivity index (χ1) is 14.4. The van der Waals surface area contributed by atoms with Crippen LogP contribution in [0, 0.1) is 11.3 Å². The van der Waals surface area contributed by atoms with Crippen molar-refractivity contribution in [1.29, 1.82) is 0 Å². The molecule has 4 rings (SSSR count). The molecule has 1 saturated heterocycles. The minimum Gasteiger partial charge on any atom is -0.336 e. The van der Waals surface area contributed by atoms with Crippen LogP contribution in [0.3, 0.4) is 0 Å². The quantitative estimate of drug-likeness (QED) is 0.661. The number of thiophene rings is 1. The molecule has 0 bridgehead atoms. The van der Waals surface area contributed by atoms with Crippen LogP contribution in [0.2, 0.25) is 0 Å². The Morgan fingerprint density at radius 3 is 2.57 bits per heavy atom. The van der Waals surface area contributed by atoms with Crippen LogP contribution in [-0.2, 0) is 12.8 Å². The summed E-state index contributed by atoms with van der Waals surface area (Å²) in [7, 11) is 0. The molecule has 0 N–H and O–H groups in total. The Kier molecular flexibility index (Phi) is 6.45. The summed E-state index contributed by atoms with van der Waals surface area (Å²) < 4.78 is 0. The summed E-state index contributed by atoms with van der Waals surface area (Å²) in [6.07, 6.45) is 7.81. The predicted octanol–water partition coefficient (Wildman–Crippen LogP) is 5.37. The fourth-order valence-corrected chi connectivity index (χ4v) is 5.79. The van der Waals surface area contributed by atoms with E-state index in [1.165, 1.54) is 22.4 Å². The molecule has 1 fully saturated rings. The van der Waals surface area contributed by atoms with Gasteiger partial charge < -0.3 is 4.90 Å². The molecule has 1 atom stereocenters. The largest absolute Gasteiger partial charge is 0.336 e. The van der Waals surface area contributed by atoms with E-state index in [1.54, 1.807) is 11.3 Å². The summed E-state index contributed by atoms with van der Waals surface area (Å²) in [4.78, 5) is 19.2. The van der Waals surface area contributed by atoms with Gasteiger partial charge in [-0.1, -0.05) is 63.3 Å². The van der Waals surface area contributed by atoms with E-state index >= 15 is 0 Å². The summed E-state index contributed by atoms with van der Waals surface area (Å²) in [5.74, 6) is 0.972. The Hall–Kier alpha value is -1.91. The monoisotopic (exact) mass is 422 g/mol. The van der Waals surface area contributed by atoms with E-state index in [9.17, 15) is 4.79 Å². The maximum Gasteiger partial charge on any atom is 0.255 e. The number of carbonyl (C=O) groups is 1. The van der Waals surface area contributed by atoms with Crippen molar-refractivity contribution in [1.82, 2.24) is 9.80 Å². The molecule has 3 nitrogen and oxygen atoms in total. The standard InChI is InChI=1S/C26H34N2OS/c1-26(2,3)21-11-12-22-23(19-30-24(22)18-21)25(29)28-16-14-27(15-17-28)13-7-10-20-8-5-4-6-9-20/h4-10,19,21H,11-18H2,1-3H3/b10-7+. The van der Waals surface area contributed by atoms with Gasteiger partial charge in [0.1, 0.15) is 0 Å². The van der Waals surface area contributed by atoms with Crippen LogP contribution in [0.5, 0.6) is 0 Å². The van der Waals surface area contributed by atoms with Crippen molar-refractivity contribution in [2.75, 3.05) is 32.7 Å². The fraction of sp³-hybridized carbons (Fsp3) is 0.500. The molecule has 0 saturated carbocycles. The highest BCUT2D eigenvalue weighted by molar-refractivity contribution is 7.10.